The first-order chi connectivity index (χ1) is 11.5. The van der Waals surface area contributed by atoms with Crippen molar-refractivity contribution in [3.05, 3.63) is 42.1 Å². The highest BCUT2D eigenvalue weighted by atomic mass is 16.5. The van der Waals surface area contributed by atoms with Crippen LogP contribution in [0.25, 0.3) is 6.08 Å². The minimum absolute atomic E-state index is 0.176. The van der Waals surface area contributed by atoms with Gasteiger partial charge in [0, 0.05) is 18.2 Å². The molecule has 0 atom stereocenters. The summed E-state index contributed by atoms with van der Waals surface area (Å²) in [4.78, 5) is 12.1. The predicted octanol–water partition coefficient (Wildman–Crippen LogP) is 3.52. The van der Waals surface area contributed by atoms with Crippen molar-refractivity contribution in [2.75, 3.05) is 19.0 Å². The lowest BCUT2D eigenvalue weighted by Crippen LogP contribution is -2.14. The van der Waals surface area contributed by atoms with Gasteiger partial charge in [-0.1, -0.05) is 6.07 Å². The Morgan fingerprint density at radius 3 is 2.79 bits per heavy atom. The largest absolute Gasteiger partial charge is 0.493 e. The van der Waals surface area contributed by atoms with Gasteiger partial charge in [0.05, 0.1) is 19.9 Å². The van der Waals surface area contributed by atoms with E-state index in [4.69, 9.17) is 9.47 Å². The molecule has 0 fully saturated rings. The van der Waals surface area contributed by atoms with Crippen LogP contribution in [0.2, 0.25) is 0 Å². The maximum absolute atomic E-state index is 12.1. The number of aromatic nitrogens is 2. The molecule has 6 nitrogen and oxygen atoms in total. The molecular formula is C18H23N3O3. The van der Waals surface area contributed by atoms with E-state index in [0.29, 0.717) is 23.9 Å². The summed E-state index contributed by atoms with van der Waals surface area (Å²) in [5.74, 6) is 1.77. The molecule has 1 aromatic carbocycles. The summed E-state index contributed by atoms with van der Waals surface area (Å²) in [6.45, 7) is 6.49. The molecule has 1 aromatic heterocycles. The molecule has 0 saturated heterocycles. The van der Waals surface area contributed by atoms with Crippen molar-refractivity contribution < 1.29 is 14.3 Å². The third-order valence-electron chi connectivity index (χ3n) is 3.33. The first kappa shape index (κ1) is 17.6. The van der Waals surface area contributed by atoms with E-state index in [9.17, 15) is 4.79 Å². The van der Waals surface area contributed by atoms with Crippen molar-refractivity contribution in [1.82, 2.24) is 9.78 Å². The molecule has 0 aliphatic heterocycles. The molecule has 2 aromatic rings. The molecular weight excluding hydrogens is 306 g/mol. The minimum atomic E-state index is -0.217. The van der Waals surface area contributed by atoms with Gasteiger partial charge in [0.15, 0.2) is 11.5 Å². The van der Waals surface area contributed by atoms with Crippen LogP contribution in [0.15, 0.2) is 36.5 Å². The maximum Gasteiger partial charge on any atom is 0.249 e. The van der Waals surface area contributed by atoms with Gasteiger partial charge in [0.1, 0.15) is 5.82 Å². The van der Waals surface area contributed by atoms with Crippen LogP contribution >= 0.6 is 0 Å². The molecule has 1 heterocycles. The average Bonchev–Trinajstić information content (AvgIpc) is 3.02. The zero-order valence-corrected chi connectivity index (χ0v) is 14.4. The highest BCUT2D eigenvalue weighted by molar-refractivity contribution is 6.01. The number of nitrogens with zero attached hydrogens (tertiary/aromatic N) is 2. The van der Waals surface area contributed by atoms with Crippen LogP contribution < -0.4 is 14.8 Å². The van der Waals surface area contributed by atoms with Crippen LogP contribution in [-0.2, 0) is 4.79 Å². The molecule has 0 spiro atoms. The van der Waals surface area contributed by atoms with Crippen molar-refractivity contribution in [2.24, 2.45) is 0 Å². The van der Waals surface area contributed by atoms with Crippen LogP contribution in [0.4, 0.5) is 5.82 Å². The Labute approximate surface area is 142 Å². The number of hydrogen-bond donors (Lipinski definition) is 1. The van der Waals surface area contributed by atoms with Crippen LogP contribution in [0.5, 0.6) is 11.5 Å². The standard InChI is InChI=1S/C18H23N3O3/c1-5-24-15-8-6-14(12-16(15)23-4)7-9-18(22)20-17-10-11-19-21(17)13(2)3/h6-13H,5H2,1-4H3,(H,20,22). The molecule has 2 rings (SSSR count). The minimum Gasteiger partial charge on any atom is -0.493 e. The van der Waals surface area contributed by atoms with Crippen molar-refractivity contribution in [3.8, 4) is 11.5 Å². The maximum atomic E-state index is 12.1. The van der Waals surface area contributed by atoms with Crippen LogP contribution in [-0.4, -0.2) is 29.4 Å². The predicted molar refractivity (Wildman–Crippen MR) is 94.4 cm³/mol. The first-order valence-corrected chi connectivity index (χ1v) is 7.88. The molecule has 128 valence electrons. The highest BCUT2D eigenvalue weighted by Gasteiger charge is 2.08. The second kappa shape index (κ2) is 8.19. The Hall–Kier alpha value is -2.76. The quantitative estimate of drug-likeness (QED) is 0.789. The van der Waals surface area contributed by atoms with E-state index in [1.54, 1.807) is 30.1 Å². The summed E-state index contributed by atoms with van der Waals surface area (Å²) in [7, 11) is 1.59. The van der Waals surface area contributed by atoms with Gasteiger partial charge < -0.3 is 14.8 Å². The van der Waals surface area contributed by atoms with Crippen molar-refractivity contribution in [2.45, 2.75) is 26.8 Å². The lowest BCUT2D eigenvalue weighted by molar-refractivity contribution is -0.111. The number of methoxy groups -OCH3 is 1. The Morgan fingerprint density at radius 1 is 1.33 bits per heavy atom. The van der Waals surface area contributed by atoms with Crippen LogP contribution in [0.1, 0.15) is 32.4 Å². The van der Waals surface area contributed by atoms with Crippen LogP contribution in [0.3, 0.4) is 0 Å². The fraction of sp³-hybridized carbons (Fsp3) is 0.333. The van der Waals surface area contributed by atoms with Crippen LogP contribution in [0, 0.1) is 0 Å². The molecule has 6 heteroatoms. The molecule has 1 amide bonds. The van der Waals surface area contributed by atoms with Gasteiger partial charge in [-0.05, 0) is 44.5 Å². The number of nitrogens with one attached hydrogen (secondary N) is 1. The fourth-order valence-electron chi connectivity index (χ4n) is 2.23. The molecule has 0 aliphatic carbocycles. The summed E-state index contributed by atoms with van der Waals surface area (Å²) in [5.41, 5.74) is 0.850. The Kier molecular flexibility index (Phi) is 6.01. The number of hydrogen-bond acceptors (Lipinski definition) is 4. The number of rotatable bonds is 7. The third-order valence-corrected chi connectivity index (χ3v) is 3.33. The van der Waals surface area contributed by atoms with Gasteiger partial charge in [-0.2, -0.15) is 5.10 Å². The Bertz CT molecular complexity index is 720. The molecule has 0 bridgehead atoms. The Morgan fingerprint density at radius 2 is 2.12 bits per heavy atom. The van der Waals surface area contributed by atoms with Gasteiger partial charge in [0.25, 0.3) is 0 Å². The molecule has 0 unspecified atom stereocenters. The zero-order valence-electron chi connectivity index (χ0n) is 14.4. The monoisotopic (exact) mass is 329 g/mol. The van der Waals surface area contributed by atoms with E-state index in [-0.39, 0.29) is 11.9 Å². The molecule has 1 N–H and O–H groups in total. The van der Waals surface area contributed by atoms with E-state index in [1.165, 1.54) is 6.08 Å². The average molecular weight is 329 g/mol. The van der Waals surface area contributed by atoms with Gasteiger partial charge in [-0.15, -0.1) is 0 Å². The van der Waals surface area contributed by atoms with Gasteiger partial charge in [0.2, 0.25) is 5.91 Å². The highest BCUT2D eigenvalue weighted by Crippen LogP contribution is 2.28. The van der Waals surface area contributed by atoms with E-state index >= 15 is 0 Å². The summed E-state index contributed by atoms with van der Waals surface area (Å²) in [5, 5.41) is 7.01. The van der Waals surface area contributed by atoms with E-state index in [2.05, 4.69) is 10.4 Å². The number of benzene rings is 1. The number of anilines is 1. The molecule has 0 radical (unpaired) electrons. The second-order valence-electron chi connectivity index (χ2n) is 5.42. The number of carbonyl (C=O) groups is 1. The number of amides is 1. The summed E-state index contributed by atoms with van der Waals surface area (Å²) in [6, 6.07) is 7.47. The summed E-state index contributed by atoms with van der Waals surface area (Å²) in [6.07, 6.45) is 4.87. The molecule has 0 aliphatic rings. The number of ether oxygens (including phenoxy) is 2. The first-order valence-electron chi connectivity index (χ1n) is 7.88. The van der Waals surface area contributed by atoms with Crippen molar-refractivity contribution >= 4 is 17.8 Å². The lowest BCUT2D eigenvalue weighted by Gasteiger charge is -2.11. The Balaban J connectivity index is 2.07. The summed E-state index contributed by atoms with van der Waals surface area (Å²) >= 11 is 0. The second-order valence-corrected chi connectivity index (χ2v) is 5.42. The van der Waals surface area contributed by atoms with Crippen molar-refractivity contribution in [1.29, 1.82) is 0 Å². The van der Waals surface area contributed by atoms with E-state index in [0.717, 1.165) is 5.56 Å². The SMILES string of the molecule is CCOc1ccc(C=CC(=O)Nc2ccnn2C(C)C)cc1OC. The normalized spacial score (nSPS) is 11.0. The van der Waals surface area contributed by atoms with Gasteiger partial charge in [-0.25, -0.2) is 4.68 Å². The molecule has 24 heavy (non-hydrogen) atoms. The molecule has 0 saturated carbocycles. The smallest absolute Gasteiger partial charge is 0.249 e. The zero-order chi connectivity index (χ0) is 17.5. The third kappa shape index (κ3) is 4.38. The van der Waals surface area contributed by atoms with E-state index < -0.39 is 0 Å². The van der Waals surface area contributed by atoms with Crippen molar-refractivity contribution in [3.63, 3.8) is 0 Å². The fourth-order valence-corrected chi connectivity index (χ4v) is 2.23. The number of carbonyl (C=O) groups excluding carboxylic acids is 1. The van der Waals surface area contributed by atoms with E-state index in [1.807, 2.05) is 39.0 Å². The van der Waals surface area contributed by atoms with Gasteiger partial charge >= 0.3 is 0 Å². The topological polar surface area (TPSA) is 65.4 Å². The lowest BCUT2D eigenvalue weighted by atomic mass is 10.2. The summed E-state index contributed by atoms with van der Waals surface area (Å²) < 4.78 is 12.5. The van der Waals surface area contributed by atoms with Gasteiger partial charge in [-0.3, -0.25) is 4.79 Å².